The van der Waals surface area contributed by atoms with Crippen molar-refractivity contribution in [3.05, 3.63) is 24.3 Å². The zero-order valence-corrected chi connectivity index (χ0v) is 11.6. The number of methoxy groups -OCH3 is 1. The van der Waals surface area contributed by atoms with Crippen LogP contribution in [-0.2, 0) is 9.53 Å². The average Bonchev–Trinajstić information content (AvgIpc) is 2.41. The number of amides is 1. The summed E-state index contributed by atoms with van der Waals surface area (Å²) in [6.07, 6.45) is 1.35. The summed E-state index contributed by atoms with van der Waals surface area (Å²) in [6.45, 7) is 1.93. The third kappa shape index (κ3) is 6.79. The number of rotatable bonds is 9. The molecule has 0 fully saturated rings. The number of nitrogens with one attached hydrogen (secondary N) is 2. The van der Waals surface area contributed by atoms with Gasteiger partial charge in [0.05, 0.1) is 6.61 Å². The first kappa shape index (κ1) is 15.5. The van der Waals surface area contributed by atoms with Crippen molar-refractivity contribution in [3.8, 4) is 5.75 Å². The molecule has 0 heterocycles. The maximum atomic E-state index is 11.6. The van der Waals surface area contributed by atoms with E-state index in [1.54, 1.807) is 7.11 Å². The van der Waals surface area contributed by atoms with E-state index in [1.165, 1.54) is 0 Å². The first-order valence-electron chi connectivity index (χ1n) is 6.42. The third-order valence-electron chi connectivity index (χ3n) is 2.52. The van der Waals surface area contributed by atoms with Crippen LogP contribution in [0.1, 0.15) is 12.8 Å². The first-order chi connectivity index (χ1) is 9.26. The molecule has 2 N–H and O–H groups in total. The fourth-order valence-electron chi connectivity index (χ4n) is 1.53. The second-order valence-corrected chi connectivity index (χ2v) is 4.12. The summed E-state index contributed by atoms with van der Waals surface area (Å²) in [5.41, 5.74) is 0.786. The molecule has 0 unspecified atom stereocenters. The topological polar surface area (TPSA) is 59.6 Å². The number of hydrogen-bond donors (Lipinski definition) is 2. The molecule has 19 heavy (non-hydrogen) atoms. The maximum absolute atomic E-state index is 11.6. The van der Waals surface area contributed by atoms with Gasteiger partial charge in [0.15, 0.2) is 0 Å². The molecule has 0 saturated carbocycles. The summed E-state index contributed by atoms with van der Waals surface area (Å²) in [6, 6.07) is 7.33. The molecular weight excluding hydrogens is 244 g/mol. The normalized spacial score (nSPS) is 10.2. The van der Waals surface area contributed by atoms with Crippen molar-refractivity contribution < 1.29 is 14.3 Å². The minimum absolute atomic E-state index is 0.0308. The van der Waals surface area contributed by atoms with E-state index >= 15 is 0 Å². The molecule has 1 aromatic carbocycles. The van der Waals surface area contributed by atoms with Crippen molar-refractivity contribution in [3.63, 3.8) is 0 Å². The lowest BCUT2D eigenvalue weighted by Crippen LogP contribution is -2.15. The lowest BCUT2D eigenvalue weighted by Gasteiger charge is -2.08. The molecule has 1 amide bonds. The van der Waals surface area contributed by atoms with Gasteiger partial charge < -0.3 is 20.1 Å². The molecule has 0 aliphatic heterocycles. The van der Waals surface area contributed by atoms with Gasteiger partial charge in [-0.15, -0.1) is 0 Å². The molecule has 0 radical (unpaired) electrons. The standard InChI is InChI=1S/C14H22N2O3/c1-15-9-3-4-14(17)16-12-5-7-13(8-6-12)19-11-10-18-2/h5-8,15H,3-4,9-11H2,1-2H3,(H,16,17). The molecule has 0 aliphatic rings. The van der Waals surface area contributed by atoms with Crippen LogP contribution in [0.25, 0.3) is 0 Å². The van der Waals surface area contributed by atoms with Crippen LogP contribution in [0, 0.1) is 0 Å². The van der Waals surface area contributed by atoms with Crippen molar-refractivity contribution in [1.82, 2.24) is 5.32 Å². The van der Waals surface area contributed by atoms with Crippen molar-refractivity contribution in [2.45, 2.75) is 12.8 Å². The van der Waals surface area contributed by atoms with E-state index in [0.717, 1.165) is 24.4 Å². The van der Waals surface area contributed by atoms with E-state index in [2.05, 4.69) is 10.6 Å². The van der Waals surface area contributed by atoms with Crippen LogP contribution in [-0.4, -0.2) is 39.8 Å². The molecule has 0 bridgehead atoms. The van der Waals surface area contributed by atoms with Crippen LogP contribution in [0.2, 0.25) is 0 Å². The third-order valence-corrected chi connectivity index (χ3v) is 2.52. The molecule has 1 rings (SSSR count). The second kappa shape index (κ2) is 9.35. The largest absolute Gasteiger partial charge is 0.491 e. The number of benzene rings is 1. The Morgan fingerprint density at radius 2 is 1.95 bits per heavy atom. The number of ether oxygens (including phenoxy) is 2. The van der Waals surface area contributed by atoms with Crippen molar-refractivity contribution in [2.24, 2.45) is 0 Å². The maximum Gasteiger partial charge on any atom is 0.224 e. The van der Waals surface area contributed by atoms with Crippen LogP contribution in [0.15, 0.2) is 24.3 Å². The number of carbonyl (C=O) groups excluding carboxylic acids is 1. The van der Waals surface area contributed by atoms with Gasteiger partial charge in [-0.3, -0.25) is 4.79 Å². The van der Waals surface area contributed by atoms with Crippen LogP contribution >= 0.6 is 0 Å². The highest BCUT2D eigenvalue weighted by Gasteiger charge is 2.02. The summed E-state index contributed by atoms with van der Waals surface area (Å²) in [5.74, 6) is 0.800. The summed E-state index contributed by atoms with van der Waals surface area (Å²) in [7, 11) is 3.51. The van der Waals surface area contributed by atoms with Crippen LogP contribution < -0.4 is 15.4 Å². The Labute approximate surface area is 114 Å². The fraction of sp³-hybridized carbons (Fsp3) is 0.500. The lowest BCUT2D eigenvalue weighted by molar-refractivity contribution is -0.116. The van der Waals surface area contributed by atoms with Gasteiger partial charge in [0, 0.05) is 19.2 Å². The van der Waals surface area contributed by atoms with Gasteiger partial charge in [-0.25, -0.2) is 0 Å². The smallest absolute Gasteiger partial charge is 0.224 e. The molecule has 1 aromatic rings. The molecule has 0 aliphatic carbocycles. The van der Waals surface area contributed by atoms with Gasteiger partial charge >= 0.3 is 0 Å². The minimum atomic E-state index is 0.0308. The van der Waals surface area contributed by atoms with E-state index in [-0.39, 0.29) is 5.91 Å². The van der Waals surface area contributed by atoms with E-state index in [0.29, 0.717) is 19.6 Å². The van der Waals surface area contributed by atoms with Gasteiger partial charge in [-0.05, 0) is 44.3 Å². The summed E-state index contributed by atoms with van der Waals surface area (Å²) >= 11 is 0. The predicted octanol–water partition coefficient (Wildman–Crippen LogP) is 1.65. The van der Waals surface area contributed by atoms with E-state index in [9.17, 15) is 4.79 Å². The Hall–Kier alpha value is -1.59. The number of hydrogen-bond acceptors (Lipinski definition) is 4. The molecule has 5 nitrogen and oxygen atoms in total. The molecule has 5 heteroatoms. The summed E-state index contributed by atoms with van der Waals surface area (Å²) in [4.78, 5) is 11.6. The quantitative estimate of drug-likeness (QED) is 0.667. The minimum Gasteiger partial charge on any atom is -0.491 e. The van der Waals surface area contributed by atoms with Crippen LogP contribution in [0.4, 0.5) is 5.69 Å². The van der Waals surface area contributed by atoms with Gasteiger partial charge in [0.2, 0.25) is 5.91 Å². The second-order valence-electron chi connectivity index (χ2n) is 4.12. The first-order valence-corrected chi connectivity index (χ1v) is 6.42. The average molecular weight is 266 g/mol. The highest BCUT2D eigenvalue weighted by Crippen LogP contribution is 2.15. The lowest BCUT2D eigenvalue weighted by atomic mass is 10.2. The fourth-order valence-corrected chi connectivity index (χ4v) is 1.53. The van der Waals surface area contributed by atoms with Gasteiger partial charge in [-0.2, -0.15) is 0 Å². The van der Waals surface area contributed by atoms with Crippen molar-refractivity contribution in [1.29, 1.82) is 0 Å². The zero-order valence-electron chi connectivity index (χ0n) is 11.6. The highest BCUT2D eigenvalue weighted by molar-refractivity contribution is 5.90. The summed E-state index contributed by atoms with van der Waals surface area (Å²) < 4.78 is 10.3. The van der Waals surface area contributed by atoms with Gasteiger partial charge in [-0.1, -0.05) is 0 Å². The van der Waals surface area contributed by atoms with E-state index in [1.807, 2.05) is 31.3 Å². The van der Waals surface area contributed by atoms with Crippen LogP contribution in [0.3, 0.4) is 0 Å². The molecule has 0 saturated heterocycles. The molecule has 0 aromatic heterocycles. The Morgan fingerprint density at radius 3 is 2.58 bits per heavy atom. The number of anilines is 1. The van der Waals surface area contributed by atoms with Crippen LogP contribution in [0.5, 0.6) is 5.75 Å². The Bertz CT molecular complexity index is 365. The van der Waals surface area contributed by atoms with E-state index < -0.39 is 0 Å². The zero-order chi connectivity index (χ0) is 13.9. The van der Waals surface area contributed by atoms with Crippen molar-refractivity contribution in [2.75, 3.05) is 39.2 Å². The number of carbonyl (C=O) groups is 1. The Morgan fingerprint density at radius 1 is 1.21 bits per heavy atom. The molecule has 106 valence electrons. The van der Waals surface area contributed by atoms with Gasteiger partial charge in [0.1, 0.15) is 12.4 Å². The summed E-state index contributed by atoms with van der Waals surface area (Å²) in [5, 5.41) is 5.86. The molecule has 0 atom stereocenters. The SMILES string of the molecule is CNCCCC(=O)Nc1ccc(OCCOC)cc1. The van der Waals surface area contributed by atoms with Crippen molar-refractivity contribution >= 4 is 11.6 Å². The predicted molar refractivity (Wildman–Crippen MR) is 75.6 cm³/mol. The van der Waals surface area contributed by atoms with Gasteiger partial charge in [0.25, 0.3) is 0 Å². The molecule has 0 spiro atoms. The molecular formula is C14H22N2O3. The van der Waals surface area contributed by atoms with E-state index in [4.69, 9.17) is 9.47 Å². The monoisotopic (exact) mass is 266 g/mol. The Balaban J connectivity index is 2.32. The highest BCUT2D eigenvalue weighted by atomic mass is 16.5. The Kier molecular flexibility index (Phi) is 7.62.